The van der Waals surface area contributed by atoms with Crippen molar-refractivity contribution in [3.8, 4) is 0 Å². The molecule has 2 heterocycles. The molecule has 0 saturated heterocycles. The Morgan fingerprint density at radius 3 is 2.78 bits per heavy atom. The molecule has 0 bridgehead atoms. The SMILES string of the molecule is CCNC(=NCC1CCc2nnc(C)n2C1)NC1CCCC1.I. The summed E-state index contributed by atoms with van der Waals surface area (Å²) >= 11 is 0. The lowest BCUT2D eigenvalue weighted by atomic mass is 9.99. The molecule has 1 unspecified atom stereocenters. The van der Waals surface area contributed by atoms with Crippen molar-refractivity contribution in [1.82, 2.24) is 25.4 Å². The summed E-state index contributed by atoms with van der Waals surface area (Å²) in [7, 11) is 0. The van der Waals surface area contributed by atoms with Crippen LogP contribution in [0.15, 0.2) is 4.99 Å². The summed E-state index contributed by atoms with van der Waals surface area (Å²) in [5, 5.41) is 15.4. The summed E-state index contributed by atoms with van der Waals surface area (Å²) in [6, 6.07) is 0.607. The molecule has 7 heteroatoms. The third kappa shape index (κ3) is 4.81. The molecule has 6 nitrogen and oxygen atoms in total. The predicted octanol–water partition coefficient (Wildman–Crippen LogP) is 2.26. The topological polar surface area (TPSA) is 67.1 Å². The minimum absolute atomic E-state index is 0. The second-order valence-corrected chi connectivity index (χ2v) is 6.52. The van der Waals surface area contributed by atoms with Crippen LogP contribution in [0.1, 0.15) is 50.7 Å². The van der Waals surface area contributed by atoms with E-state index in [0.717, 1.165) is 50.1 Å². The van der Waals surface area contributed by atoms with Gasteiger partial charge in [-0.15, -0.1) is 34.2 Å². The second-order valence-electron chi connectivity index (χ2n) is 6.52. The molecular weight excluding hydrogens is 403 g/mol. The van der Waals surface area contributed by atoms with Gasteiger partial charge in [-0.2, -0.15) is 0 Å². The zero-order chi connectivity index (χ0) is 15.4. The van der Waals surface area contributed by atoms with E-state index in [9.17, 15) is 0 Å². The van der Waals surface area contributed by atoms with Gasteiger partial charge < -0.3 is 15.2 Å². The first-order chi connectivity index (χ1) is 10.8. The van der Waals surface area contributed by atoms with Gasteiger partial charge in [0.05, 0.1) is 0 Å². The molecule has 1 aromatic rings. The highest BCUT2D eigenvalue weighted by atomic mass is 127. The molecule has 0 aromatic carbocycles. The molecule has 1 aliphatic carbocycles. The summed E-state index contributed by atoms with van der Waals surface area (Å²) in [5.74, 6) is 3.73. The van der Waals surface area contributed by atoms with Crippen molar-refractivity contribution in [3.63, 3.8) is 0 Å². The highest BCUT2D eigenvalue weighted by Crippen LogP contribution is 2.20. The maximum atomic E-state index is 4.83. The number of aryl methyl sites for hydroxylation is 2. The van der Waals surface area contributed by atoms with Crippen molar-refractivity contribution in [3.05, 3.63) is 11.6 Å². The maximum absolute atomic E-state index is 4.83. The van der Waals surface area contributed by atoms with Crippen molar-refractivity contribution >= 4 is 29.9 Å². The van der Waals surface area contributed by atoms with E-state index in [1.165, 1.54) is 25.7 Å². The molecule has 1 aromatic heterocycles. The van der Waals surface area contributed by atoms with Crippen LogP contribution >= 0.6 is 24.0 Å². The monoisotopic (exact) mass is 432 g/mol. The third-order valence-electron chi connectivity index (χ3n) is 4.78. The normalized spacial score (nSPS) is 21.7. The lowest BCUT2D eigenvalue weighted by Crippen LogP contribution is -2.42. The number of aliphatic imine (C=N–C) groups is 1. The lowest BCUT2D eigenvalue weighted by Gasteiger charge is -2.23. The van der Waals surface area contributed by atoms with E-state index in [1.54, 1.807) is 0 Å². The van der Waals surface area contributed by atoms with Gasteiger partial charge in [-0.1, -0.05) is 12.8 Å². The molecule has 1 aliphatic heterocycles. The largest absolute Gasteiger partial charge is 0.357 e. The molecule has 0 amide bonds. The minimum atomic E-state index is 0. The van der Waals surface area contributed by atoms with Crippen LogP contribution in [-0.4, -0.2) is 39.9 Å². The van der Waals surface area contributed by atoms with Crippen LogP contribution < -0.4 is 10.6 Å². The summed E-state index contributed by atoms with van der Waals surface area (Å²) in [6.45, 7) is 6.95. The van der Waals surface area contributed by atoms with Gasteiger partial charge in [-0.05, 0) is 39.0 Å². The molecule has 130 valence electrons. The summed E-state index contributed by atoms with van der Waals surface area (Å²) in [6.07, 6.45) is 7.41. The van der Waals surface area contributed by atoms with Crippen molar-refractivity contribution < 1.29 is 0 Å². The molecule has 1 saturated carbocycles. The number of aromatic nitrogens is 3. The Kier molecular flexibility index (Phi) is 7.10. The molecule has 3 rings (SSSR count). The average molecular weight is 432 g/mol. The maximum Gasteiger partial charge on any atom is 0.191 e. The van der Waals surface area contributed by atoms with Crippen molar-refractivity contribution in [1.29, 1.82) is 0 Å². The minimum Gasteiger partial charge on any atom is -0.357 e. The third-order valence-corrected chi connectivity index (χ3v) is 4.78. The van der Waals surface area contributed by atoms with Gasteiger partial charge in [0, 0.05) is 32.1 Å². The number of rotatable bonds is 4. The first kappa shape index (κ1) is 18.5. The molecule has 2 aliphatic rings. The fourth-order valence-electron chi connectivity index (χ4n) is 3.48. The standard InChI is InChI=1S/C16H28N6.HI/c1-3-17-16(19-14-6-4-5-7-14)18-10-13-8-9-15-21-20-12(2)22(15)11-13;/h13-14H,3-11H2,1-2H3,(H2,17,18,19);1H. The number of nitrogens with one attached hydrogen (secondary N) is 2. The van der Waals surface area contributed by atoms with Crippen LogP contribution in [0.2, 0.25) is 0 Å². The van der Waals surface area contributed by atoms with Crippen LogP contribution in [0.3, 0.4) is 0 Å². The number of halogens is 1. The Balaban J connectivity index is 0.00000192. The van der Waals surface area contributed by atoms with Gasteiger partial charge >= 0.3 is 0 Å². The highest BCUT2D eigenvalue weighted by Gasteiger charge is 2.22. The van der Waals surface area contributed by atoms with E-state index in [-0.39, 0.29) is 24.0 Å². The predicted molar refractivity (Wildman–Crippen MR) is 103 cm³/mol. The molecule has 0 spiro atoms. The van der Waals surface area contributed by atoms with Crippen molar-refractivity contribution in [2.45, 2.75) is 65.0 Å². The first-order valence-corrected chi connectivity index (χ1v) is 8.69. The highest BCUT2D eigenvalue weighted by molar-refractivity contribution is 14.0. The summed E-state index contributed by atoms with van der Waals surface area (Å²) in [4.78, 5) is 4.83. The van der Waals surface area contributed by atoms with E-state index in [2.05, 4.69) is 32.3 Å². The number of nitrogens with zero attached hydrogens (tertiary/aromatic N) is 4. The molecular formula is C16H29IN6. The Bertz CT molecular complexity index is 521. The Hall–Kier alpha value is -0.860. The van der Waals surface area contributed by atoms with E-state index >= 15 is 0 Å². The van der Waals surface area contributed by atoms with E-state index in [4.69, 9.17) is 4.99 Å². The number of hydrogen-bond acceptors (Lipinski definition) is 3. The Morgan fingerprint density at radius 1 is 1.26 bits per heavy atom. The first-order valence-electron chi connectivity index (χ1n) is 8.69. The van der Waals surface area contributed by atoms with Gasteiger partial charge in [0.25, 0.3) is 0 Å². The number of fused-ring (bicyclic) bond motifs is 1. The van der Waals surface area contributed by atoms with Gasteiger partial charge in [0.1, 0.15) is 11.6 Å². The Morgan fingerprint density at radius 2 is 2.04 bits per heavy atom. The summed E-state index contributed by atoms with van der Waals surface area (Å²) in [5.41, 5.74) is 0. The zero-order valence-electron chi connectivity index (χ0n) is 14.2. The lowest BCUT2D eigenvalue weighted by molar-refractivity contribution is 0.369. The molecule has 23 heavy (non-hydrogen) atoms. The van der Waals surface area contributed by atoms with Gasteiger partial charge in [0.2, 0.25) is 0 Å². The smallest absolute Gasteiger partial charge is 0.191 e. The molecule has 1 atom stereocenters. The van der Waals surface area contributed by atoms with E-state index in [0.29, 0.717) is 12.0 Å². The zero-order valence-corrected chi connectivity index (χ0v) is 16.5. The van der Waals surface area contributed by atoms with E-state index < -0.39 is 0 Å². The van der Waals surface area contributed by atoms with Gasteiger partial charge in [-0.25, -0.2) is 0 Å². The fraction of sp³-hybridized carbons (Fsp3) is 0.812. The van der Waals surface area contributed by atoms with Crippen LogP contribution in [0.5, 0.6) is 0 Å². The number of hydrogen-bond donors (Lipinski definition) is 2. The van der Waals surface area contributed by atoms with Crippen molar-refractivity contribution in [2.75, 3.05) is 13.1 Å². The summed E-state index contributed by atoms with van der Waals surface area (Å²) < 4.78 is 2.25. The van der Waals surface area contributed by atoms with Gasteiger partial charge in [-0.3, -0.25) is 4.99 Å². The van der Waals surface area contributed by atoms with Crippen LogP contribution in [0, 0.1) is 12.8 Å². The fourth-order valence-corrected chi connectivity index (χ4v) is 3.48. The van der Waals surface area contributed by atoms with Crippen LogP contribution in [0.25, 0.3) is 0 Å². The van der Waals surface area contributed by atoms with E-state index in [1.807, 2.05) is 6.92 Å². The molecule has 2 N–H and O–H groups in total. The Labute approximate surface area is 155 Å². The average Bonchev–Trinajstić information content (AvgIpc) is 3.15. The van der Waals surface area contributed by atoms with Crippen LogP contribution in [-0.2, 0) is 13.0 Å². The quantitative estimate of drug-likeness (QED) is 0.435. The molecule has 0 radical (unpaired) electrons. The molecule has 1 fully saturated rings. The van der Waals surface area contributed by atoms with Crippen molar-refractivity contribution in [2.24, 2.45) is 10.9 Å². The van der Waals surface area contributed by atoms with Gasteiger partial charge in [0.15, 0.2) is 5.96 Å². The number of guanidine groups is 1. The second kappa shape index (κ2) is 8.84. The van der Waals surface area contributed by atoms with Crippen LogP contribution in [0.4, 0.5) is 0 Å².